The van der Waals surface area contributed by atoms with Crippen molar-refractivity contribution in [2.24, 2.45) is 13.0 Å². The summed E-state index contributed by atoms with van der Waals surface area (Å²) < 4.78 is 1.30. The Labute approximate surface area is 158 Å². The van der Waals surface area contributed by atoms with Crippen LogP contribution in [0, 0.1) is 5.92 Å². The largest absolute Gasteiger partial charge is 0.370 e. The van der Waals surface area contributed by atoms with Crippen LogP contribution in [0.5, 0.6) is 0 Å². The average Bonchev–Trinajstić information content (AvgIpc) is 3.16. The first kappa shape index (κ1) is 18.8. The van der Waals surface area contributed by atoms with Gasteiger partial charge in [-0.05, 0) is 12.3 Å². The van der Waals surface area contributed by atoms with Gasteiger partial charge in [-0.3, -0.25) is 14.4 Å². The Hall–Kier alpha value is -2.96. The molecule has 142 valence electrons. The molecular formula is C20H24N4O3. The van der Waals surface area contributed by atoms with Crippen molar-refractivity contribution >= 4 is 17.4 Å². The molecule has 1 unspecified atom stereocenters. The van der Waals surface area contributed by atoms with Crippen LogP contribution in [0.2, 0.25) is 0 Å². The Morgan fingerprint density at radius 2 is 2.00 bits per heavy atom. The van der Waals surface area contributed by atoms with Crippen LogP contribution in [0.1, 0.15) is 29.6 Å². The maximum atomic E-state index is 12.0. The summed E-state index contributed by atoms with van der Waals surface area (Å²) in [5.74, 6) is 0.201. The van der Waals surface area contributed by atoms with Crippen LogP contribution < -0.4 is 15.8 Å². The fraction of sp³-hybridized carbons (Fsp3) is 0.400. The molecule has 1 aliphatic rings. The lowest BCUT2D eigenvalue weighted by atomic mass is 10.1. The SMILES string of the molecule is Cn1ncc(N2CCC(CNC(=O)CCC(=O)c3ccccc3)C2)cc1=O. The third-order valence-corrected chi connectivity index (χ3v) is 4.87. The zero-order valence-electron chi connectivity index (χ0n) is 15.4. The van der Waals surface area contributed by atoms with Crippen molar-refractivity contribution < 1.29 is 9.59 Å². The van der Waals surface area contributed by atoms with E-state index in [1.54, 1.807) is 31.4 Å². The second kappa shape index (κ2) is 8.62. The quantitative estimate of drug-likeness (QED) is 0.747. The molecule has 7 nitrogen and oxygen atoms in total. The van der Waals surface area contributed by atoms with Crippen molar-refractivity contribution in [2.45, 2.75) is 19.3 Å². The first-order valence-electron chi connectivity index (χ1n) is 9.16. The lowest BCUT2D eigenvalue weighted by molar-refractivity contribution is -0.121. The number of carbonyl (C=O) groups is 2. The number of nitrogens with zero attached hydrogens (tertiary/aromatic N) is 3. The molecule has 1 aromatic carbocycles. The molecule has 1 amide bonds. The smallest absolute Gasteiger partial charge is 0.268 e. The molecule has 2 heterocycles. The topological polar surface area (TPSA) is 84.3 Å². The minimum atomic E-state index is -0.132. The zero-order valence-corrected chi connectivity index (χ0v) is 15.4. The van der Waals surface area contributed by atoms with E-state index in [9.17, 15) is 14.4 Å². The van der Waals surface area contributed by atoms with E-state index in [1.807, 2.05) is 18.2 Å². The van der Waals surface area contributed by atoms with E-state index in [1.165, 1.54) is 4.68 Å². The third kappa shape index (κ3) is 5.03. The van der Waals surface area contributed by atoms with Crippen LogP contribution in [0.3, 0.4) is 0 Å². The van der Waals surface area contributed by atoms with Crippen molar-refractivity contribution in [1.82, 2.24) is 15.1 Å². The summed E-state index contributed by atoms with van der Waals surface area (Å²) in [5, 5.41) is 6.97. The molecule has 0 bridgehead atoms. The van der Waals surface area contributed by atoms with E-state index >= 15 is 0 Å². The number of amides is 1. The predicted octanol–water partition coefficient (Wildman–Crippen LogP) is 1.39. The Balaban J connectivity index is 1.41. The number of ketones is 1. The second-order valence-electron chi connectivity index (χ2n) is 6.87. The molecule has 3 rings (SSSR count). The van der Waals surface area contributed by atoms with Crippen molar-refractivity contribution in [3.05, 3.63) is 58.5 Å². The third-order valence-electron chi connectivity index (χ3n) is 4.87. The number of benzene rings is 1. The maximum Gasteiger partial charge on any atom is 0.268 e. The molecular weight excluding hydrogens is 344 g/mol. The van der Waals surface area contributed by atoms with Gasteiger partial charge in [-0.15, -0.1) is 0 Å². The van der Waals surface area contributed by atoms with Gasteiger partial charge in [0.05, 0.1) is 11.9 Å². The highest BCUT2D eigenvalue weighted by Gasteiger charge is 2.23. The van der Waals surface area contributed by atoms with Gasteiger partial charge < -0.3 is 10.2 Å². The molecule has 1 atom stereocenters. The van der Waals surface area contributed by atoms with Crippen molar-refractivity contribution in [1.29, 1.82) is 0 Å². The molecule has 0 spiro atoms. The fourth-order valence-corrected chi connectivity index (χ4v) is 3.21. The number of anilines is 1. The Morgan fingerprint density at radius 1 is 1.22 bits per heavy atom. The number of carbonyl (C=O) groups excluding carboxylic acids is 2. The normalized spacial score (nSPS) is 16.3. The summed E-state index contributed by atoms with van der Waals surface area (Å²) in [5.41, 5.74) is 1.33. The van der Waals surface area contributed by atoms with Gasteiger partial charge in [0.15, 0.2) is 5.78 Å². The number of nitrogens with one attached hydrogen (secondary N) is 1. The Bertz CT molecular complexity index is 863. The van der Waals surface area contributed by atoms with Crippen molar-refractivity contribution in [3.63, 3.8) is 0 Å². The van der Waals surface area contributed by atoms with E-state index in [2.05, 4.69) is 15.3 Å². The van der Waals surface area contributed by atoms with Crippen LogP contribution in [0.15, 0.2) is 47.4 Å². The summed E-state index contributed by atoms with van der Waals surface area (Å²) >= 11 is 0. The van der Waals surface area contributed by atoms with Crippen molar-refractivity contribution in [3.8, 4) is 0 Å². The molecule has 1 aromatic heterocycles. The Kier molecular flexibility index (Phi) is 6.01. The van der Waals surface area contributed by atoms with E-state index in [-0.39, 0.29) is 30.1 Å². The van der Waals surface area contributed by atoms with E-state index in [0.29, 0.717) is 18.0 Å². The average molecular weight is 368 g/mol. The Morgan fingerprint density at radius 3 is 2.74 bits per heavy atom. The monoisotopic (exact) mass is 368 g/mol. The van der Waals surface area contributed by atoms with Gasteiger partial charge >= 0.3 is 0 Å². The van der Waals surface area contributed by atoms with Crippen molar-refractivity contribution in [2.75, 3.05) is 24.5 Å². The molecule has 0 saturated carbocycles. The highest BCUT2D eigenvalue weighted by Crippen LogP contribution is 2.21. The van der Waals surface area contributed by atoms with Crippen LogP contribution in [0.25, 0.3) is 0 Å². The first-order chi connectivity index (χ1) is 13.0. The second-order valence-corrected chi connectivity index (χ2v) is 6.87. The number of aromatic nitrogens is 2. The van der Waals surface area contributed by atoms with Gasteiger partial charge in [0.1, 0.15) is 0 Å². The summed E-state index contributed by atoms with van der Waals surface area (Å²) in [4.78, 5) is 37.9. The van der Waals surface area contributed by atoms with Crippen LogP contribution >= 0.6 is 0 Å². The molecule has 7 heteroatoms. The lowest BCUT2D eigenvalue weighted by Gasteiger charge is -2.18. The van der Waals surface area contributed by atoms with Crippen LogP contribution in [0.4, 0.5) is 5.69 Å². The van der Waals surface area contributed by atoms with E-state index in [0.717, 1.165) is 25.2 Å². The minimum absolute atomic E-state index is 0.0176. The minimum Gasteiger partial charge on any atom is -0.370 e. The molecule has 2 aromatic rings. The lowest BCUT2D eigenvalue weighted by Crippen LogP contribution is -2.31. The highest BCUT2D eigenvalue weighted by molar-refractivity contribution is 5.97. The number of rotatable bonds is 7. The van der Waals surface area contributed by atoms with Gasteiger partial charge in [-0.1, -0.05) is 30.3 Å². The first-order valence-corrected chi connectivity index (χ1v) is 9.16. The number of hydrogen-bond donors (Lipinski definition) is 1. The molecule has 27 heavy (non-hydrogen) atoms. The standard InChI is InChI=1S/C20H24N4O3/c1-23-20(27)11-17(13-22-23)24-10-9-15(14-24)12-21-19(26)8-7-18(25)16-5-3-2-4-6-16/h2-6,11,13,15H,7-10,12,14H2,1H3,(H,21,26). The van der Waals surface area contributed by atoms with Gasteiger partial charge in [0.2, 0.25) is 5.91 Å². The van der Waals surface area contributed by atoms with E-state index < -0.39 is 0 Å². The van der Waals surface area contributed by atoms with Crippen LogP contribution in [-0.4, -0.2) is 41.1 Å². The fourth-order valence-electron chi connectivity index (χ4n) is 3.21. The van der Waals surface area contributed by atoms with Gasteiger partial charge in [0.25, 0.3) is 5.56 Å². The highest BCUT2D eigenvalue weighted by atomic mass is 16.2. The van der Waals surface area contributed by atoms with E-state index in [4.69, 9.17) is 0 Å². The van der Waals surface area contributed by atoms with Gasteiger partial charge in [-0.25, -0.2) is 4.68 Å². The summed E-state index contributed by atoms with van der Waals surface area (Å²) in [6.07, 6.45) is 3.05. The van der Waals surface area contributed by atoms with Crippen LogP contribution in [-0.2, 0) is 11.8 Å². The molecule has 1 fully saturated rings. The molecule has 1 aliphatic heterocycles. The molecule has 1 saturated heterocycles. The number of hydrogen-bond acceptors (Lipinski definition) is 5. The van der Waals surface area contributed by atoms with Gasteiger partial charge in [-0.2, -0.15) is 5.10 Å². The summed E-state index contributed by atoms with van der Waals surface area (Å²) in [6.45, 7) is 2.19. The number of Topliss-reactive ketones (excluding diaryl/α,β-unsaturated/α-hetero) is 1. The number of aryl methyl sites for hydroxylation is 1. The molecule has 0 radical (unpaired) electrons. The zero-order chi connectivity index (χ0) is 19.2. The summed E-state index contributed by atoms with van der Waals surface area (Å²) in [6, 6.07) is 10.6. The molecule has 0 aliphatic carbocycles. The summed E-state index contributed by atoms with van der Waals surface area (Å²) in [7, 11) is 1.62. The molecule has 1 N–H and O–H groups in total. The predicted molar refractivity (Wildman–Crippen MR) is 103 cm³/mol. The maximum absolute atomic E-state index is 12.0. The van der Waals surface area contributed by atoms with Gasteiger partial charge in [0, 0.05) is 51.2 Å².